The van der Waals surface area contributed by atoms with Crippen molar-refractivity contribution in [2.75, 3.05) is 19.0 Å². The summed E-state index contributed by atoms with van der Waals surface area (Å²) in [6.07, 6.45) is 2.22. The molecule has 2 amide bonds. The van der Waals surface area contributed by atoms with Crippen LogP contribution in [0.5, 0.6) is 0 Å². The smallest absolute Gasteiger partial charge is 0.340 e. The van der Waals surface area contributed by atoms with Gasteiger partial charge in [0.2, 0.25) is 0 Å². The van der Waals surface area contributed by atoms with Crippen molar-refractivity contribution in [3.8, 4) is 0 Å². The second-order valence-corrected chi connectivity index (χ2v) is 7.40. The lowest BCUT2D eigenvalue weighted by atomic mass is 10.0. The Morgan fingerprint density at radius 3 is 2.38 bits per heavy atom. The van der Waals surface area contributed by atoms with E-state index in [-0.39, 0.29) is 17.2 Å². The number of benzene rings is 1. The minimum atomic E-state index is -0.536. The Balaban J connectivity index is 1.93. The number of esters is 1. The van der Waals surface area contributed by atoms with Gasteiger partial charge in [-0.2, -0.15) is 0 Å². The van der Waals surface area contributed by atoms with E-state index in [1.54, 1.807) is 39.0 Å². The molecule has 0 saturated heterocycles. The van der Waals surface area contributed by atoms with E-state index in [4.69, 9.17) is 4.74 Å². The van der Waals surface area contributed by atoms with Crippen molar-refractivity contribution in [2.45, 2.75) is 33.6 Å². The minimum Gasteiger partial charge on any atom is -0.465 e. The van der Waals surface area contributed by atoms with E-state index >= 15 is 0 Å². The summed E-state index contributed by atoms with van der Waals surface area (Å²) in [5, 5.41) is 5.63. The lowest BCUT2D eigenvalue weighted by Crippen LogP contribution is -2.30. The number of ether oxygens (including phenoxy) is 1. The molecule has 1 aromatic carbocycles. The zero-order valence-corrected chi connectivity index (χ0v) is 17.1. The number of pyridine rings is 1. The first-order valence-corrected chi connectivity index (χ1v) is 9.57. The van der Waals surface area contributed by atoms with Gasteiger partial charge in [0.1, 0.15) is 5.69 Å². The molecule has 0 bridgehead atoms. The Labute approximate surface area is 169 Å². The molecule has 0 aliphatic heterocycles. The van der Waals surface area contributed by atoms with E-state index in [1.807, 2.05) is 6.07 Å². The number of aromatic nitrogens is 1. The van der Waals surface area contributed by atoms with Crippen molar-refractivity contribution < 1.29 is 19.1 Å². The van der Waals surface area contributed by atoms with Crippen LogP contribution in [0.15, 0.2) is 24.3 Å². The lowest BCUT2D eigenvalue weighted by Gasteiger charge is -2.16. The van der Waals surface area contributed by atoms with Gasteiger partial charge in [-0.3, -0.25) is 9.59 Å². The summed E-state index contributed by atoms with van der Waals surface area (Å²) in [6, 6.07) is 6.86. The predicted octanol–water partition coefficient (Wildman–Crippen LogP) is 3.19. The van der Waals surface area contributed by atoms with Crippen LogP contribution in [0.4, 0.5) is 5.69 Å². The van der Waals surface area contributed by atoms with Gasteiger partial charge in [-0.05, 0) is 62.8 Å². The number of hydrogen-bond donors (Lipinski definition) is 2. The standard InChI is InChI=1S/C22H25N3O4/c1-12-5-6-13(2)18(17(12)22(28)29-4)25-20(26)16-10-7-14(3)24-19(16)21(27)23-11-15-8-9-15/h5-7,10,15H,8-9,11H2,1-4H3,(H,23,27)(H,25,26). The Morgan fingerprint density at radius 1 is 1.03 bits per heavy atom. The van der Waals surface area contributed by atoms with Crippen LogP contribution < -0.4 is 10.6 Å². The van der Waals surface area contributed by atoms with E-state index in [2.05, 4.69) is 15.6 Å². The second-order valence-electron chi connectivity index (χ2n) is 7.40. The fourth-order valence-electron chi connectivity index (χ4n) is 3.07. The summed E-state index contributed by atoms with van der Waals surface area (Å²) >= 11 is 0. The molecule has 2 N–H and O–H groups in total. The Bertz CT molecular complexity index is 980. The highest BCUT2D eigenvalue weighted by atomic mass is 16.5. The number of aryl methyl sites for hydroxylation is 3. The van der Waals surface area contributed by atoms with Crippen molar-refractivity contribution in [1.29, 1.82) is 0 Å². The molecule has 1 aliphatic rings. The van der Waals surface area contributed by atoms with E-state index in [1.165, 1.54) is 7.11 Å². The van der Waals surface area contributed by atoms with Crippen LogP contribution in [0.3, 0.4) is 0 Å². The SMILES string of the molecule is COC(=O)c1c(C)ccc(C)c1NC(=O)c1ccc(C)nc1C(=O)NCC1CC1. The molecular formula is C22H25N3O4. The van der Waals surface area contributed by atoms with E-state index in [0.29, 0.717) is 40.5 Å². The molecule has 1 fully saturated rings. The van der Waals surface area contributed by atoms with Crippen LogP contribution in [0, 0.1) is 26.7 Å². The molecular weight excluding hydrogens is 370 g/mol. The van der Waals surface area contributed by atoms with Gasteiger partial charge in [0, 0.05) is 12.2 Å². The topological polar surface area (TPSA) is 97.4 Å². The van der Waals surface area contributed by atoms with Crippen LogP contribution in [0.2, 0.25) is 0 Å². The maximum Gasteiger partial charge on any atom is 0.340 e. The number of amides is 2. The summed E-state index contributed by atoms with van der Waals surface area (Å²) in [5.74, 6) is -0.905. The van der Waals surface area contributed by atoms with Gasteiger partial charge in [0.15, 0.2) is 0 Å². The molecule has 152 valence electrons. The van der Waals surface area contributed by atoms with Crippen LogP contribution in [-0.4, -0.2) is 36.4 Å². The number of nitrogens with one attached hydrogen (secondary N) is 2. The molecule has 0 spiro atoms. The molecule has 2 aromatic rings. The van der Waals surface area contributed by atoms with Gasteiger partial charge in [0.25, 0.3) is 11.8 Å². The Morgan fingerprint density at radius 2 is 1.72 bits per heavy atom. The first kappa shape index (κ1) is 20.5. The number of rotatable bonds is 6. The molecule has 7 nitrogen and oxygen atoms in total. The zero-order valence-electron chi connectivity index (χ0n) is 17.1. The summed E-state index contributed by atoms with van der Waals surface area (Å²) in [4.78, 5) is 42.2. The third-order valence-corrected chi connectivity index (χ3v) is 4.99. The number of carbonyl (C=O) groups is 3. The van der Waals surface area contributed by atoms with Crippen molar-refractivity contribution in [2.24, 2.45) is 5.92 Å². The molecule has 0 radical (unpaired) electrons. The fraction of sp³-hybridized carbons (Fsp3) is 0.364. The van der Waals surface area contributed by atoms with Crippen molar-refractivity contribution in [3.63, 3.8) is 0 Å². The monoisotopic (exact) mass is 395 g/mol. The highest BCUT2D eigenvalue weighted by molar-refractivity contribution is 6.13. The van der Waals surface area contributed by atoms with E-state index in [0.717, 1.165) is 12.8 Å². The van der Waals surface area contributed by atoms with Gasteiger partial charge in [-0.25, -0.2) is 9.78 Å². The molecule has 1 aliphatic carbocycles. The highest BCUT2D eigenvalue weighted by Crippen LogP contribution is 2.28. The predicted molar refractivity (Wildman–Crippen MR) is 109 cm³/mol. The highest BCUT2D eigenvalue weighted by Gasteiger charge is 2.25. The van der Waals surface area contributed by atoms with Crippen molar-refractivity contribution in [1.82, 2.24) is 10.3 Å². The zero-order chi connectivity index (χ0) is 21.1. The second kappa shape index (κ2) is 8.43. The number of methoxy groups -OCH3 is 1. The summed E-state index contributed by atoms with van der Waals surface area (Å²) in [7, 11) is 1.29. The van der Waals surface area contributed by atoms with Crippen LogP contribution >= 0.6 is 0 Å². The van der Waals surface area contributed by atoms with Crippen molar-refractivity contribution in [3.05, 3.63) is 57.9 Å². The maximum absolute atomic E-state index is 13.0. The molecule has 0 unspecified atom stereocenters. The number of hydrogen-bond acceptors (Lipinski definition) is 5. The number of nitrogens with zero attached hydrogens (tertiary/aromatic N) is 1. The molecule has 1 aromatic heterocycles. The average Bonchev–Trinajstić information content (AvgIpc) is 3.52. The van der Waals surface area contributed by atoms with Gasteiger partial charge in [0.05, 0.1) is 23.9 Å². The largest absolute Gasteiger partial charge is 0.465 e. The molecule has 7 heteroatoms. The normalized spacial score (nSPS) is 13.0. The van der Waals surface area contributed by atoms with Gasteiger partial charge in [-0.15, -0.1) is 0 Å². The lowest BCUT2D eigenvalue weighted by molar-refractivity contribution is 0.0601. The molecule has 1 heterocycles. The van der Waals surface area contributed by atoms with E-state index in [9.17, 15) is 14.4 Å². The van der Waals surface area contributed by atoms with Crippen LogP contribution in [-0.2, 0) is 4.74 Å². The quantitative estimate of drug-likeness (QED) is 0.732. The van der Waals surface area contributed by atoms with E-state index < -0.39 is 11.9 Å². The minimum absolute atomic E-state index is 0.0769. The Kier molecular flexibility index (Phi) is 5.96. The summed E-state index contributed by atoms with van der Waals surface area (Å²) in [5.41, 5.74) is 2.92. The van der Waals surface area contributed by atoms with Gasteiger partial charge < -0.3 is 15.4 Å². The fourth-order valence-corrected chi connectivity index (χ4v) is 3.07. The summed E-state index contributed by atoms with van der Waals surface area (Å²) < 4.78 is 4.87. The first-order chi connectivity index (χ1) is 13.8. The van der Waals surface area contributed by atoms with Crippen molar-refractivity contribution >= 4 is 23.5 Å². The summed E-state index contributed by atoms with van der Waals surface area (Å²) in [6.45, 7) is 5.90. The molecule has 3 rings (SSSR count). The third-order valence-electron chi connectivity index (χ3n) is 4.99. The van der Waals surface area contributed by atoms with Gasteiger partial charge in [-0.1, -0.05) is 12.1 Å². The molecule has 0 atom stereocenters. The van der Waals surface area contributed by atoms with Crippen LogP contribution in [0.25, 0.3) is 0 Å². The number of anilines is 1. The third kappa shape index (κ3) is 4.62. The number of carbonyl (C=O) groups excluding carboxylic acids is 3. The van der Waals surface area contributed by atoms with Crippen LogP contribution in [0.1, 0.15) is 60.9 Å². The van der Waals surface area contributed by atoms with Gasteiger partial charge >= 0.3 is 5.97 Å². The maximum atomic E-state index is 13.0. The first-order valence-electron chi connectivity index (χ1n) is 9.57. The molecule has 1 saturated carbocycles. The Hall–Kier alpha value is -3.22. The average molecular weight is 395 g/mol. The molecule has 29 heavy (non-hydrogen) atoms.